The molecule has 1 spiro atoms. The zero-order chi connectivity index (χ0) is 20.5. The van der Waals surface area contributed by atoms with Crippen LogP contribution in [0.4, 0.5) is 0 Å². The van der Waals surface area contributed by atoms with Crippen LogP contribution >= 0.6 is 0 Å². The van der Waals surface area contributed by atoms with Gasteiger partial charge < -0.3 is 25.4 Å². The average molecular weight is 396 g/mol. The molecule has 0 aliphatic carbocycles. The Morgan fingerprint density at radius 2 is 1.96 bits per heavy atom. The second-order valence-corrected chi connectivity index (χ2v) is 8.27. The smallest absolute Gasteiger partial charge is 0.245 e. The molecule has 6 atom stereocenters. The van der Waals surface area contributed by atoms with Gasteiger partial charge in [-0.3, -0.25) is 14.4 Å². The lowest BCUT2D eigenvalue weighted by atomic mass is 9.70. The number of aliphatic hydroxyl groups excluding tert-OH is 1. The molecule has 3 saturated heterocycles. The van der Waals surface area contributed by atoms with Crippen LogP contribution in [-0.2, 0) is 19.1 Å². The van der Waals surface area contributed by atoms with Gasteiger partial charge in [0.1, 0.15) is 11.6 Å². The number of hydrogen-bond donors (Lipinski definition) is 3. The molecule has 3 N–H and O–H groups in total. The number of carbonyl (C=O) groups excluding carboxylic acids is 3. The first-order valence-electron chi connectivity index (χ1n) is 10.6. The van der Waals surface area contributed by atoms with Gasteiger partial charge in [-0.1, -0.05) is 20.3 Å². The number of carbonyl (C=O) groups is 3. The van der Waals surface area contributed by atoms with Crippen molar-refractivity contribution in [2.75, 3.05) is 19.7 Å². The summed E-state index contributed by atoms with van der Waals surface area (Å²) in [6.07, 6.45) is 3.52. The summed E-state index contributed by atoms with van der Waals surface area (Å²) in [5, 5.41) is 15.5. The highest BCUT2D eigenvalue weighted by Crippen LogP contribution is 2.58. The topological polar surface area (TPSA) is 108 Å². The molecule has 3 amide bonds. The number of ether oxygens (including phenoxy) is 1. The van der Waals surface area contributed by atoms with Crippen LogP contribution in [0.25, 0.3) is 0 Å². The number of nitrogens with one attached hydrogen (secondary N) is 2. The van der Waals surface area contributed by atoms with E-state index in [2.05, 4.69) is 10.6 Å². The van der Waals surface area contributed by atoms with Gasteiger partial charge in [-0.25, -0.2) is 0 Å². The minimum absolute atomic E-state index is 0.171. The highest BCUT2D eigenvalue weighted by atomic mass is 16.5. The van der Waals surface area contributed by atoms with Crippen LogP contribution < -0.4 is 10.6 Å². The average Bonchev–Trinajstić information content (AvgIpc) is 3.32. The van der Waals surface area contributed by atoms with Crippen LogP contribution in [0.3, 0.4) is 0 Å². The predicted molar refractivity (Wildman–Crippen MR) is 102 cm³/mol. The van der Waals surface area contributed by atoms with Gasteiger partial charge in [0.2, 0.25) is 17.7 Å². The number of unbranched alkanes of at least 4 members (excludes halogenated alkanes) is 1. The molecule has 158 valence electrons. The zero-order valence-corrected chi connectivity index (χ0v) is 17.1. The minimum atomic E-state index is -0.976. The van der Waals surface area contributed by atoms with E-state index in [1.165, 1.54) is 4.90 Å². The standard InChI is InChI=1S/C20H33N3O5/c1-4-6-10-22-18(26)16-20-8-7-13(28-20)14(17(25)21-9-5-2)15(20)19(27)23(16)12(3)11-24/h12-16,24H,4-11H2,1-3H3,(H,21,25)(H,22,26)/t12-,13+,14-,15+,16?,20?/m1/s1. The van der Waals surface area contributed by atoms with Gasteiger partial charge in [0.25, 0.3) is 0 Å². The SMILES string of the molecule is CCCCNC(=O)C1N([C@H](C)CO)C(=O)[C@@H]2[C@H](C(=O)NCCC)[C@@H]3CCC12O3. The molecule has 3 rings (SSSR count). The maximum absolute atomic E-state index is 13.4. The molecular formula is C20H33N3O5. The molecular weight excluding hydrogens is 362 g/mol. The molecule has 0 aromatic heterocycles. The van der Waals surface area contributed by atoms with Crippen molar-refractivity contribution >= 4 is 17.7 Å². The molecule has 8 heteroatoms. The van der Waals surface area contributed by atoms with Gasteiger partial charge in [0.15, 0.2) is 0 Å². The van der Waals surface area contributed by atoms with E-state index in [0.29, 0.717) is 25.9 Å². The summed E-state index contributed by atoms with van der Waals surface area (Å²) in [5.74, 6) is -1.92. The van der Waals surface area contributed by atoms with Crippen molar-refractivity contribution in [3.63, 3.8) is 0 Å². The van der Waals surface area contributed by atoms with Gasteiger partial charge in [-0.15, -0.1) is 0 Å². The van der Waals surface area contributed by atoms with Crippen LogP contribution in [0, 0.1) is 11.8 Å². The molecule has 0 saturated carbocycles. The maximum atomic E-state index is 13.4. The van der Waals surface area contributed by atoms with Crippen molar-refractivity contribution in [3.8, 4) is 0 Å². The largest absolute Gasteiger partial charge is 0.394 e. The molecule has 3 aliphatic rings. The minimum Gasteiger partial charge on any atom is -0.394 e. The molecule has 0 aromatic carbocycles. The van der Waals surface area contributed by atoms with Gasteiger partial charge in [-0.2, -0.15) is 0 Å². The molecule has 0 radical (unpaired) electrons. The summed E-state index contributed by atoms with van der Waals surface area (Å²) in [5.41, 5.74) is -0.976. The van der Waals surface area contributed by atoms with Crippen molar-refractivity contribution in [1.82, 2.24) is 15.5 Å². The number of aliphatic hydroxyl groups is 1. The van der Waals surface area contributed by atoms with Crippen molar-refractivity contribution in [2.24, 2.45) is 11.8 Å². The maximum Gasteiger partial charge on any atom is 0.245 e. The molecule has 3 fully saturated rings. The number of fused-ring (bicyclic) bond motifs is 1. The van der Waals surface area contributed by atoms with Crippen LogP contribution in [0.5, 0.6) is 0 Å². The van der Waals surface area contributed by atoms with Gasteiger partial charge in [-0.05, 0) is 32.6 Å². The van der Waals surface area contributed by atoms with Crippen molar-refractivity contribution in [3.05, 3.63) is 0 Å². The number of likely N-dealkylation sites (tertiary alicyclic amines) is 1. The first kappa shape index (κ1) is 21.0. The highest BCUT2D eigenvalue weighted by molar-refractivity contribution is 5.99. The summed E-state index contributed by atoms with van der Waals surface area (Å²) in [7, 11) is 0. The second kappa shape index (κ2) is 8.37. The first-order valence-corrected chi connectivity index (χ1v) is 10.6. The quantitative estimate of drug-likeness (QED) is 0.483. The third kappa shape index (κ3) is 3.20. The summed E-state index contributed by atoms with van der Waals surface area (Å²) in [6.45, 7) is 6.58. The third-order valence-corrected chi connectivity index (χ3v) is 6.41. The molecule has 8 nitrogen and oxygen atoms in total. The summed E-state index contributed by atoms with van der Waals surface area (Å²) in [6, 6.07) is -1.32. The Morgan fingerprint density at radius 1 is 1.25 bits per heavy atom. The number of hydrogen-bond acceptors (Lipinski definition) is 5. The highest BCUT2D eigenvalue weighted by Gasteiger charge is 2.74. The number of rotatable bonds is 9. The second-order valence-electron chi connectivity index (χ2n) is 8.27. The van der Waals surface area contributed by atoms with Crippen LogP contribution in [-0.4, -0.2) is 71.2 Å². The van der Waals surface area contributed by atoms with Crippen molar-refractivity contribution < 1.29 is 24.2 Å². The van der Waals surface area contributed by atoms with E-state index in [0.717, 1.165) is 19.3 Å². The fourth-order valence-electron chi connectivity index (χ4n) is 5.10. The van der Waals surface area contributed by atoms with Crippen LogP contribution in [0.2, 0.25) is 0 Å². The first-order chi connectivity index (χ1) is 13.4. The fourth-order valence-corrected chi connectivity index (χ4v) is 5.10. The van der Waals surface area contributed by atoms with Crippen molar-refractivity contribution in [2.45, 2.75) is 76.7 Å². The van der Waals surface area contributed by atoms with Crippen LogP contribution in [0.15, 0.2) is 0 Å². The molecule has 2 unspecified atom stereocenters. The van der Waals surface area contributed by atoms with Gasteiger partial charge in [0.05, 0.1) is 30.6 Å². The van der Waals surface area contributed by atoms with E-state index in [1.807, 2.05) is 13.8 Å². The molecule has 3 aliphatic heterocycles. The van der Waals surface area contributed by atoms with E-state index in [9.17, 15) is 19.5 Å². The number of nitrogens with zero attached hydrogens (tertiary/aromatic N) is 1. The van der Waals surface area contributed by atoms with Gasteiger partial charge >= 0.3 is 0 Å². The predicted octanol–water partition coefficient (Wildman–Crippen LogP) is 0.184. The Morgan fingerprint density at radius 3 is 2.61 bits per heavy atom. The van der Waals surface area contributed by atoms with Crippen LogP contribution in [0.1, 0.15) is 52.9 Å². The Hall–Kier alpha value is -1.67. The lowest BCUT2D eigenvalue weighted by molar-refractivity contribution is -0.145. The Labute approximate surface area is 166 Å². The molecule has 28 heavy (non-hydrogen) atoms. The monoisotopic (exact) mass is 395 g/mol. The van der Waals surface area contributed by atoms with Gasteiger partial charge in [0, 0.05) is 13.1 Å². The molecule has 2 bridgehead atoms. The number of amides is 3. The summed E-state index contributed by atoms with van der Waals surface area (Å²) < 4.78 is 6.27. The fraction of sp³-hybridized carbons (Fsp3) is 0.850. The molecule has 0 aromatic rings. The third-order valence-electron chi connectivity index (χ3n) is 6.41. The van der Waals surface area contributed by atoms with E-state index in [-0.39, 0.29) is 30.4 Å². The lowest BCUT2D eigenvalue weighted by Gasteiger charge is -2.35. The van der Waals surface area contributed by atoms with E-state index < -0.39 is 29.5 Å². The lowest BCUT2D eigenvalue weighted by Crippen LogP contribution is -2.57. The van der Waals surface area contributed by atoms with E-state index in [1.54, 1.807) is 6.92 Å². The Bertz CT molecular complexity index is 627. The summed E-state index contributed by atoms with van der Waals surface area (Å²) in [4.78, 5) is 40.7. The zero-order valence-electron chi connectivity index (χ0n) is 17.1. The summed E-state index contributed by atoms with van der Waals surface area (Å²) >= 11 is 0. The van der Waals surface area contributed by atoms with E-state index in [4.69, 9.17) is 4.74 Å². The normalized spacial score (nSPS) is 34.4. The van der Waals surface area contributed by atoms with E-state index >= 15 is 0 Å². The Kier molecular flexibility index (Phi) is 6.29. The van der Waals surface area contributed by atoms with Crippen molar-refractivity contribution in [1.29, 1.82) is 0 Å². The Balaban J connectivity index is 1.92. The molecule has 3 heterocycles.